The Balaban J connectivity index is 2.83. The van der Waals surface area contributed by atoms with Crippen molar-refractivity contribution >= 4 is 11.6 Å². The molecule has 1 N–H and O–H groups in total. The largest absolute Gasteiger partial charge is 0.471 e. The Morgan fingerprint density at radius 1 is 1.33 bits per heavy atom. The molecule has 1 amide bonds. The normalized spacial score (nSPS) is 11.3. The van der Waals surface area contributed by atoms with E-state index in [2.05, 4.69) is 0 Å². The molecule has 0 saturated carbocycles. The van der Waals surface area contributed by atoms with Crippen molar-refractivity contribution < 1.29 is 22.4 Å². The van der Waals surface area contributed by atoms with Gasteiger partial charge in [-0.2, -0.15) is 13.2 Å². The van der Waals surface area contributed by atoms with Crippen molar-refractivity contribution in [3.63, 3.8) is 0 Å². The quantitative estimate of drug-likeness (QED) is 0.725. The molecule has 1 rings (SSSR count). The van der Waals surface area contributed by atoms with Gasteiger partial charge in [0.05, 0.1) is 0 Å². The third kappa shape index (κ3) is 2.93. The summed E-state index contributed by atoms with van der Waals surface area (Å²) in [4.78, 5) is 10.5. The Hall–Kier alpha value is -1.59. The second-order valence-electron chi connectivity index (χ2n) is 2.92. The molecule has 0 aliphatic rings. The van der Waals surface area contributed by atoms with Crippen LogP contribution in [0, 0.1) is 12.7 Å². The molecule has 0 aliphatic carbocycles. The molecule has 2 nitrogen and oxygen atoms in total. The molecule has 1 aromatic rings. The maximum absolute atomic E-state index is 12.9. The van der Waals surface area contributed by atoms with Gasteiger partial charge in [0, 0.05) is 5.69 Å². The molecule has 82 valence electrons. The van der Waals surface area contributed by atoms with Gasteiger partial charge in [0.25, 0.3) is 0 Å². The average molecular weight is 221 g/mol. The fraction of sp³-hybridized carbons (Fsp3) is 0.222. The van der Waals surface area contributed by atoms with Crippen LogP contribution in [0.5, 0.6) is 0 Å². The number of alkyl halides is 3. The molecule has 0 atom stereocenters. The van der Waals surface area contributed by atoms with Gasteiger partial charge in [-0.1, -0.05) is 6.07 Å². The number of hydrogen-bond donors (Lipinski definition) is 1. The minimum Gasteiger partial charge on any atom is -0.318 e. The van der Waals surface area contributed by atoms with E-state index in [1.54, 1.807) is 5.32 Å². The molecule has 0 aliphatic heterocycles. The van der Waals surface area contributed by atoms with E-state index in [1.807, 2.05) is 0 Å². The number of benzene rings is 1. The topological polar surface area (TPSA) is 29.1 Å². The Morgan fingerprint density at radius 3 is 2.40 bits per heavy atom. The second kappa shape index (κ2) is 3.88. The first kappa shape index (κ1) is 11.5. The summed E-state index contributed by atoms with van der Waals surface area (Å²) in [7, 11) is 0. The predicted molar refractivity (Wildman–Crippen MR) is 45.8 cm³/mol. The molecule has 0 radical (unpaired) electrons. The van der Waals surface area contributed by atoms with Crippen molar-refractivity contribution in [2.45, 2.75) is 13.1 Å². The van der Waals surface area contributed by atoms with E-state index >= 15 is 0 Å². The molecule has 0 saturated heterocycles. The van der Waals surface area contributed by atoms with Gasteiger partial charge >= 0.3 is 12.1 Å². The lowest BCUT2D eigenvalue weighted by atomic mass is 10.2. The van der Waals surface area contributed by atoms with Gasteiger partial charge in [-0.25, -0.2) is 4.39 Å². The van der Waals surface area contributed by atoms with E-state index in [-0.39, 0.29) is 5.69 Å². The van der Waals surface area contributed by atoms with Crippen LogP contribution in [-0.2, 0) is 4.79 Å². The summed E-state index contributed by atoms with van der Waals surface area (Å²) in [5.74, 6) is -2.79. The van der Waals surface area contributed by atoms with E-state index in [0.29, 0.717) is 5.56 Å². The summed E-state index contributed by atoms with van der Waals surface area (Å²) >= 11 is 0. The number of carbonyl (C=O) groups excluding carboxylic acids is 1. The zero-order chi connectivity index (χ0) is 11.6. The SMILES string of the molecule is Cc1ccc(NC(=O)C(F)(F)F)cc1F. The zero-order valence-electron chi connectivity index (χ0n) is 7.65. The van der Waals surface area contributed by atoms with Crippen molar-refractivity contribution in [1.82, 2.24) is 0 Å². The van der Waals surface area contributed by atoms with Crippen LogP contribution in [0.2, 0.25) is 0 Å². The zero-order valence-corrected chi connectivity index (χ0v) is 7.65. The average Bonchev–Trinajstić information content (AvgIpc) is 2.10. The number of halogens is 4. The highest BCUT2D eigenvalue weighted by Crippen LogP contribution is 2.19. The smallest absolute Gasteiger partial charge is 0.318 e. The third-order valence-corrected chi connectivity index (χ3v) is 1.69. The molecule has 0 unspecified atom stereocenters. The summed E-state index contributed by atoms with van der Waals surface area (Å²) < 4.78 is 48.3. The number of carbonyl (C=O) groups is 1. The van der Waals surface area contributed by atoms with E-state index in [4.69, 9.17) is 0 Å². The molecule has 0 spiro atoms. The lowest BCUT2D eigenvalue weighted by molar-refractivity contribution is -0.167. The first-order valence-electron chi connectivity index (χ1n) is 3.95. The van der Waals surface area contributed by atoms with E-state index < -0.39 is 17.9 Å². The molecular formula is C9H7F4NO. The van der Waals surface area contributed by atoms with Gasteiger partial charge < -0.3 is 5.32 Å². The standard InChI is InChI=1S/C9H7F4NO/c1-5-2-3-6(4-7(5)10)14-8(15)9(11,12)13/h2-4H,1H3,(H,14,15). The summed E-state index contributed by atoms with van der Waals surface area (Å²) in [5, 5.41) is 1.55. The van der Waals surface area contributed by atoms with Gasteiger partial charge in [0.2, 0.25) is 0 Å². The van der Waals surface area contributed by atoms with Crippen LogP contribution in [0.4, 0.5) is 23.2 Å². The van der Waals surface area contributed by atoms with E-state index in [9.17, 15) is 22.4 Å². The maximum atomic E-state index is 12.9. The van der Waals surface area contributed by atoms with Crippen LogP contribution < -0.4 is 5.32 Å². The number of aryl methyl sites for hydroxylation is 1. The summed E-state index contributed by atoms with van der Waals surface area (Å²) in [6, 6.07) is 3.31. The first-order chi connectivity index (χ1) is 6.80. The van der Waals surface area contributed by atoms with Gasteiger partial charge in [-0.05, 0) is 24.6 Å². The Kier molecular flexibility index (Phi) is 2.97. The molecule has 0 heterocycles. The van der Waals surface area contributed by atoms with Gasteiger partial charge in [0.15, 0.2) is 0 Å². The fourth-order valence-corrected chi connectivity index (χ4v) is 0.873. The number of hydrogen-bond acceptors (Lipinski definition) is 1. The highest BCUT2D eigenvalue weighted by atomic mass is 19.4. The van der Waals surface area contributed by atoms with E-state index in [0.717, 1.165) is 6.07 Å². The summed E-state index contributed by atoms with van der Waals surface area (Å²) in [6.45, 7) is 1.46. The Bertz CT molecular complexity index is 386. The van der Waals surface area contributed by atoms with Gasteiger partial charge in [-0.3, -0.25) is 4.79 Å². The number of nitrogens with one attached hydrogen (secondary N) is 1. The first-order valence-corrected chi connectivity index (χ1v) is 3.95. The summed E-state index contributed by atoms with van der Waals surface area (Å²) in [6.07, 6.45) is -4.97. The van der Waals surface area contributed by atoms with Crippen molar-refractivity contribution in [2.24, 2.45) is 0 Å². The number of anilines is 1. The van der Waals surface area contributed by atoms with Gasteiger partial charge in [0.1, 0.15) is 5.82 Å². The van der Waals surface area contributed by atoms with Crippen LogP contribution in [0.25, 0.3) is 0 Å². The molecular weight excluding hydrogens is 214 g/mol. The Morgan fingerprint density at radius 2 is 1.93 bits per heavy atom. The van der Waals surface area contributed by atoms with Crippen molar-refractivity contribution in [2.75, 3.05) is 5.32 Å². The lowest BCUT2D eigenvalue weighted by Crippen LogP contribution is -2.29. The Labute approximate surface area is 82.9 Å². The minimum absolute atomic E-state index is 0.222. The third-order valence-electron chi connectivity index (χ3n) is 1.69. The number of amides is 1. The van der Waals surface area contributed by atoms with Crippen LogP contribution >= 0.6 is 0 Å². The van der Waals surface area contributed by atoms with Crippen molar-refractivity contribution in [1.29, 1.82) is 0 Å². The lowest BCUT2D eigenvalue weighted by Gasteiger charge is -2.08. The van der Waals surface area contributed by atoms with Crippen LogP contribution in [-0.4, -0.2) is 12.1 Å². The maximum Gasteiger partial charge on any atom is 0.471 e. The molecule has 1 aromatic carbocycles. The minimum atomic E-state index is -4.97. The monoisotopic (exact) mass is 221 g/mol. The second-order valence-corrected chi connectivity index (χ2v) is 2.92. The highest BCUT2D eigenvalue weighted by molar-refractivity contribution is 5.94. The van der Waals surface area contributed by atoms with E-state index in [1.165, 1.54) is 19.1 Å². The fourth-order valence-electron chi connectivity index (χ4n) is 0.873. The van der Waals surface area contributed by atoms with Crippen LogP contribution in [0.15, 0.2) is 18.2 Å². The molecule has 0 fully saturated rings. The predicted octanol–water partition coefficient (Wildman–Crippen LogP) is 2.63. The van der Waals surface area contributed by atoms with Gasteiger partial charge in [-0.15, -0.1) is 0 Å². The van der Waals surface area contributed by atoms with Crippen molar-refractivity contribution in [3.8, 4) is 0 Å². The highest BCUT2D eigenvalue weighted by Gasteiger charge is 2.38. The van der Waals surface area contributed by atoms with Crippen LogP contribution in [0.3, 0.4) is 0 Å². The molecule has 0 bridgehead atoms. The number of rotatable bonds is 1. The molecule has 15 heavy (non-hydrogen) atoms. The van der Waals surface area contributed by atoms with Crippen LogP contribution in [0.1, 0.15) is 5.56 Å². The van der Waals surface area contributed by atoms with Crippen molar-refractivity contribution in [3.05, 3.63) is 29.6 Å². The molecule has 0 aromatic heterocycles. The summed E-state index contributed by atoms with van der Waals surface area (Å²) in [5.41, 5.74) is 0.0698. The molecule has 6 heteroatoms.